The van der Waals surface area contributed by atoms with E-state index in [2.05, 4.69) is 21.7 Å². The summed E-state index contributed by atoms with van der Waals surface area (Å²) in [5.41, 5.74) is 1.75. The molecule has 5 rings (SSSR count). The highest BCUT2D eigenvalue weighted by Gasteiger charge is 2.34. The number of methoxy groups -OCH3 is 1. The minimum atomic E-state index is -1.17. The van der Waals surface area contributed by atoms with Gasteiger partial charge in [-0.25, -0.2) is 14.2 Å². The summed E-state index contributed by atoms with van der Waals surface area (Å²) in [7, 11) is 1.41. The fraction of sp³-hybridized carbons (Fsp3) is 0.194. The molecule has 1 saturated heterocycles. The molecular weight excluding hydrogens is 573 g/mol. The van der Waals surface area contributed by atoms with Gasteiger partial charge in [-0.15, -0.1) is 0 Å². The number of hydrogen-bond acceptors (Lipinski definition) is 8. The lowest BCUT2D eigenvalue weighted by atomic mass is 9.97. The van der Waals surface area contributed by atoms with Crippen LogP contribution >= 0.6 is 0 Å². The van der Waals surface area contributed by atoms with Crippen LogP contribution in [0.4, 0.5) is 20.7 Å². The molecule has 2 aromatic heterocycles. The van der Waals surface area contributed by atoms with Crippen molar-refractivity contribution in [3.05, 3.63) is 84.1 Å². The van der Waals surface area contributed by atoms with Crippen molar-refractivity contribution in [2.24, 2.45) is 0 Å². The Morgan fingerprint density at radius 3 is 2.70 bits per heavy atom. The minimum Gasteiger partial charge on any atom is -0.467 e. The average Bonchev–Trinajstić information content (AvgIpc) is 3.73. The fourth-order valence-electron chi connectivity index (χ4n) is 4.90. The van der Waals surface area contributed by atoms with Gasteiger partial charge in [0.25, 0.3) is 5.91 Å². The average molecular weight is 600 g/mol. The molecule has 44 heavy (non-hydrogen) atoms. The Bertz CT molecular complexity index is 1750. The van der Waals surface area contributed by atoms with Crippen molar-refractivity contribution in [2.75, 3.05) is 31.1 Å². The number of nitriles is 1. The van der Waals surface area contributed by atoms with Crippen LogP contribution in [0.15, 0.2) is 71.3 Å². The highest BCUT2D eigenvalue weighted by atomic mass is 19.1. The molecule has 12 nitrogen and oxygen atoms in total. The number of nitrogens with one attached hydrogen (secondary N) is 2. The number of carbonyl (C=O) groups is 3. The Balaban J connectivity index is 1.59. The Hall–Kier alpha value is -5.74. The van der Waals surface area contributed by atoms with E-state index in [4.69, 9.17) is 13.9 Å². The first kappa shape index (κ1) is 29.7. The molecule has 0 radical (unpaired) electrons. The lowest BCUT2D eigenvalue weighted by Gasteiger charge is -2.21. The fourth-order valence-corrected chi connectivity index (χ4v) is 4.90. The zero-order valence-electron chi connectivity index (χ0n) is 23.4. The van der Waals surface area contributed by atoms with Gasteiger partial charge in [-0.3, -0.25) is 14.5 Å². The summed E-state index contributed by atoms with van der Waals surface area (Å²) < 4.78 is 29.9. The van der Waals surface area contributed by atoms with Crippen LogP contribution in [-0.4, -0.2) is 59.4 Å². The molecule has 3 N–H and O–H groups in total. The van der Waals surface area contributed by atoms with Crippen LogP contribution in [0.3, 0.4) is 0 Å². The summed E-state index contributed by atoms with van der Waals surface area (Å²) in [4.78, 5) is 43.1. The molecule has 1 aliphatic heterocycles. The number of benzene rings is 2. The van der Waals surface area contributed by atoms with Crippen molar-refractivity contribution < 1.29 is 37.8 Å². The Morgan fingerprint density at radius 1 is 1.14 bits per heavy atom. The normalized spacial score (nSPS) is 14.1. The third-order valence-electron chi connectivity index (χ3n) is 6.90. The van der Waals surface area contributed by atoms with Gasteiger partial charge >= 0.3 is 6.09 Å². The summed E-state index contributed by atoms with van der Waals surface area (Å²) in [6, 6.07) is 16.3. The lowest BCUT2D eigenvalue weighted by molar-refractivity contribution is -0.119. The number of ether oxygens (including phenoxy) is 2. The van der Waals surface area contributed by atoms with Gasteiger partial charge in [0, 0.05) is 36.5 Å². The molecule has 13 heteroatoms. The van der Waals surface area contributed by atoms with Crippen LogP contribution in [0.2, 0.25) is 0 Å². The van der Waals surface area contributed by atoms with Crippen LogP contribution in [0.5, 0.6) is 5.75 Å². The van der Waals surface area contributed by atoms with Gasteiger partial charge in [0.1, 0.15) is 29.2 Å². The van der Waals surface area contributed by atoms with E-state index in [1.165, 1.54) is 37.6 Å². The largest absolute Gasteiger partial charge is 0.467 e. The third-order valence-corrected chi connectivity index (χ3v) is 6.90. The number of carboxylic acid groups (broad SMARTS) is 1. The maximum absolute atomic E-state index is 14.2. The van der Waals surface area contributed by atoms with Gasteiger partial charge in [-0.2, -0.15) is 5.26 Å². The second kappa shape index (κ2) is 13.1. The van der Waals surface area contributed by atoms with Crippen LogP contribution in [0.1, 0.15) is 29.0 Å². The molecule has 1 aliphatic rings. The second-order valence-corrected chi connectivity index (χ2v) is 9.72. The standard InChI is InChI=1S/C31H26FN5O7/c1-42-17-44-27-14-19(32)9-10-21(27)24-15-22(23(16-33)28(35-24)36-30(39)26-8-4-12-43-26)18-5-2-6-20(13-18)34-29(38)25-7-3-11-37(25)31(40)41/h2,4-6,8-10,12-15,25H,3,7,11,17H2,1H3,(H,34,38)(H,40,41)(H,35,36,39)/t25-/m1/s1. The summed E-state index contributed by atoms with van der Waals surface area (Å²) in [5, 5.41) is 25.1. The van der Waals surface area contributed by atoms with Gasteiger partial charge in [0.15, 0.2) is 18.4 Å². The van der Waals surface area contributed by atoms with Crippen molar-refractivity contribution in [3.8, 4) is 34.2 Å². The Kier molecular flexibility index (Phi) is 8.82. The maximum atomic E-state index is 14.2. The smallest absolute Gasteiger partial charge is 0.407 e. The van der Waals surface area contributed by atoms with Crippen molar-refractivity contribution in [1.29, 1.82) is 5.26 Å². The van der Waals surface area contributed by atoms with Crippen LogP contribution in [0.25, 0.3) is 22.4 Å². The number of furan rings is 1. The van der Waals surface area contributed by atoms with E-state index >= 15 is 0 Å². The zero-order valence-corrected chi connectivity index (χ0v) is 23.4. The van der Waals surface area contributed by atoms with Crippen molar-refractivity contribution in [3.63, 3.8) is 0 Å². The van der Waals surface area contributed by atoms with Crippen molar-refractivity contribution in [2.45, 2.75) is 18.9 Å². The molecule has 0 spiro atoms. The number of anilines is 2. The zero-order chi connectivity index (χ0) is 31.2. The van der Waals surface area contributed by atoms with E-state index in [1.54, 1.807) is 30.3 Å². The molecule has 0 saturated carbocycles. The Labute approximate surface area is 250 Å². The van der Waals surface area contributed by atoms with E-state index in [0.29, 0.717) is 35.2 Å². The predicted molar refractivity (Wildman–Crippen MR) is 155 cm³/mol. The van der Waals surface area contributed by atoms with E-state index in [-0.39, 0.29) is 41.9 Å². The molecule has 3 amide bonds. The van der Waals surface area contributed by atoms with E-state index < -0.39 is 29.8 Å². The molecule has 1 fully saturated rings. The third kappa shape index (κ3) is 6.35. The van der Waals surface area contributed by atoms with E-state index in [0.717, 1.165) is 11.0 Å². The van der Waals surface area contributed by atoms with Gasteiger partial charge < -0.3 is 29.6 Å². The summed E-state index contributed by atoms with van der Waals surface area (Å²) in [6.07, 6.45) is 1.13. The highest BCUT2D eigenvalue weighted by molar-refractivity contribution is 6.03. The predicted octanol–water partition coefficient (Wildman–Crippen LogP) is 5.34. The highest BCUT2D eigenvalue weighted by Crippen LogP contribution is 2.37. The minimum absolute atomic E-state index is 0.00597. The molecule has 3 heterocycles. The second-order valence-electron chi connectivity index (χ2n) is 9.72. The summed E-state index contributed by atoms with van der Waals surface area (Å²) >= 11 is 0. The number of hydrogen-bond donors (Lipinski definition) is 3. The van der Waals surface area contributed by atoms with Crippen LogP contribution in [-0.2, 0) is 9.53 Å². The first-order valence-corrected chi connectivity index (χ1v) is 13.4. The number of amides is 3. The van der Waals surface area contributed by atoms with Crippen LogP contribution < -0.4 is 15.4 Å². The summed E-state index contributed by atoms with van der Waals surface area (Å²) in [6.45, 7) is 0.0917. The number of carbonyl (C=O) groups excluding carboxylic acids is 2. The van der Waals surface area contributed by atoms with Crippen molar-refractivity contribution in [1.82, 2.24) is 9.88 Å². The maximum Gasteiger partial charge on any atom is 0.407 e. The number of likely N-dealkylation sites (tertiary alicyclic amines) is 1. The van der Waals surface area contributed by atoms with E-state index in [9.17, 15) is 29.1 Å². The molecule has 0 unspecified atom stereocenters. The van der Waals surface area contributed by atoms with Crippen LogP contribution in [0, 0.1) is 17.1 Å². The number of aromatic nitrogens is 1. The first-order chi connectivity index (χ1) is 21.3. The molecule has 1 atom stereocenters. The lowest BCUT2D eigenvalue weighted by Crippen LogP contribution is -2.42. The molecule has 0 bridgehead atoms. The molecule has 224 valence electrons. The van der Waals surface area contributed by atoms with Gasteiger partial charge in [0.05, 0.1) is 12.0 Å². The number of halogens is 1. The molecular formula is C31H26FN5O7. The van der Waals surface area contributed by atoms with Gasteiger partial charge in [-0.1, -0.05) is 12.1 Å². The Morgan fingerprint density at radius 2 is 1.98 bits per heavy atom. The molecule has 0 aliphatic carbocycles. The first-order valence-electron chi connectivity index (χ1n) is 13.4. The SMILES string of the molecule is COCOc1cc(F)ccc1-c1cc(-c2cccc(NC(=O)[C@H]3CCCN3C(=O)O)c2)c(C#N)c(NC(=O)c2ccco2)n1. The molecule has 2 aromatic carbocycles. The van der Waals surface area contributed by atoms with Gasteiger partial charge in [-0.05, 0) is 60.9 Å². The number of nitrogens with zero attached hydrogens (tertiary/aromatic N) is 3. The topological polar surface area (TPSA) is 167 Å². The molecule has 4 aromatic rings. The quantitative estimate of drug-likeness (QED) is 0.215. The van der Waals surface area contributed by atoms with E-state index in [1.807, 2.05) is 0 Å². The number of pyridine rings is 1. The number of rotatable bonds is 9. The summed E-state index contributed by atoms with van der Waals surface area (Å²) in [5.74, 6) is -1.69. The van der Waals surface area contributed by atoms with Gasteiger partial charge in [0.2, 0.25) is 5.91 Å². The monoisotopic (exact) mass is 599 g/mol. The van der Waals surface area contributed by atoms with Crippen molar-refractivity contribution >= 4 is 29.4 Å².